The molecule has 0 unspecified atom stereocenters. The van der Waals surface area contributed by atoms with E-state index >= 15 is 0 Å². The summed E-state index contributed by atoms with van der Waals surface area (Å²) in [7, 11) is 6.39. The highest BCUT2D eigenvalue weighted by atomic mass is 16.6. The van der Waals surface area contributed by atoms with Crippen LogP contribution in [0.3, 0.4) is 0 Å². The minimum atomic E-state index is -1.03. The lowest BCUT2D eigenvalue weighted by atomic mass is 9.93. The zero-order chi connectivity index (χ0) is 74.6. The largest absolute Gasteiger partial charge is 0.493 e. The number of amides is 7. The number of carboxylic acids is 1. The molecule has 0 aromatic heterocycles. The molecule has 4 aliphatic rings. The van der Waals surface area contributed by atoms with Gasteiger partial charge in [0.1, 0.15) is 11.2 Å². The number of aromatic carboxylic acids is 1. The van der Waals surface area contributed by atoms with E-state index in [9.17, 15) is 43.5 Å². The van der Waals surface area contributed by atoms with Gasteiger partial charge in [-0.1, -0.05) is 24.3 Å². The van der Waals surface area contributed by atoms with Crippen LogP contribution in [0.25, 0.3) is 0 Å². The van der Waals surface area contributed by atoms with Crippen LogP contribution in [0.4, 0.5) is 9.59 Å². The topological polar surface area (TPSA) is 276 Å². The van der Waals surface area contributed by atoms with Crippen molar-refractivity contribution >= 4 is 47.7 Å². The summed E-state index contributed by atoms with van der Waals surface area (Å²) in [6.45, 7) is 22.4. The molecule has 0 radical (unpaired) electrons. The Bertz CT molecular complexity index is 3260. The molecule has 4 aromatic rings. The molecule has 2 heterocycles. The highest BCUT2D eigenvalue weighted by Crippen LogP contribution is 2.37. The van der Waals surface area contributed by atoms with Gasteiger partial charge in [-0.25, -0.2) is 14.4 Å². The van der Waals surface area contributed by atoms with Gasteiger partial charge in [-0.15, -0.1) is 0 Å². The minimum Gasteiger partial charge on any atom is -0.493 e. The Balaban J connectivity index is 0.000000286. The van der Waals surface area contributed by atoms with Crippen LogP contribution < -0.4 is 24.7 Å². The van der Waals surface area contributed by atoms with E-state index < -0.39 is 35.3 Å². The Kier molecular flexibility index (Phi) is 29.7. The Hall–Kier alpha value is -8.64. The number of methoxy groups -OCH3 is 4. The van der Waals surface area contributed by atoms with E-state index in [0.29, 0.717) is 149 Å². The number of carbonyl (C=O) groups is 8. The fraction of sp³-hybridized carbons (Fsp3) is 0.590. The lowest BCUT2D eigenvalue weighted by Crippen LogP contribution is -2.58. The van der Waals surface area contributed by atoms with Crippen molar-refractivity contribution in [3.05, 3.63) is 118 Å². The molecule has 4 fully saturated rings. The predicted octanol–water partition coefficient (Wildman–Crippen LogP) is 11.5. The highest BCUT2D eigenvalue weighted by Gasteiger charge is 2.43. The first-order chi connectivity index (χ1) is 48.4. The Morgan fingerprint density at radius 2 is 0.873 bits per heavy atom. The van der Waals surface area contributed by atoms with Gasteiger partial charge in [0.25, 0.3) is 11.8 Å². The van der Waals surface area contributed by atoms with Gasteiger partial charge in [0.2, 0.25) is 17.7 Å². The van der Waals surface area contributed by atoms with Crippen molar-refractivity contribution < 1.29 is 81.4 Å². The average molecular weight is 1420 g/mol. The molecule has 7 amide bonds. The maximum atomic E-state index is 14.2. The summed E-state index contributed by atoms with van der Waals surface area (Å²) in [6, 6.07) is 22.8. The quantitative estimate of drug-likeness (QED) is 0.0430. The van der Waals surface area contributed by atoms with Crippen molar-refractivity contribution in [2.75, 3.05) is 81.0 Å². The van der Waals surface area contributed by atoms with E-state index in [-0.39, 0.29) is 90.4 Å². The molecule has 560 valence electrons. The number of piperidine rings is 2. The summed E-state index contributed by atoms with van der Waals surface area (Å²) < 4.78 is 44.9. The first-order valence-electron chi connectivity index (χ1n) is 36.0. The summed E-state index contributed by atoms with van der Waals surface area (Å²) >= 11 is 0. The number of carbonyl (C=O) groups excluding carboxylic acids is 7. The third-order valence-corrected chi connectivity index (χ3v) is 18.4. The zero-order valence-corrected chi connectivity index (χ0v) is 62.5. The fourth-order valence-electron chi connectivity index (χ4n) is 13.3. The molecule has 24 nitrogen and oxygen atoms in total. The Morgan fingerprint density at radius 1 is 0.490 bits per heavy atom. The Morgan fingerprint density at radius 3 is 1.22 bits per heavy atom. The number of hydrogen-bond donors (Lipinski definition) is 2. The maximum Gasteiger partial charge on any atom is 0.410 e. The molecule has 24 heteroatoms. The van der Waals surface area contributed by atoms with E-state index in [4.69, 9.17) is 43.6 Å². The number of nitrogens with zero attached hydrogens (tertiary/aromatic N) is 6. The molecule has 4 aromatic carbocycles. The summed E-state index contributed by atoms with van der Waals surface area (Å²) in [6.07, 6.45) is 8.24. The number of ether oxygens (including phenoxy) is 8. The van der Waals surface area contributed by atoms with E-state index in [1.807, 2.05) is 94.9 Å². The summed E-state index contributed by atoms with van der Waals surface area (Å²) in [5.41, 5.74) is 6.87. The van der Waals surface area contributed by atoms with E-state index in [2.05, 4.69) is 0 Å². The normalized spacial score (nSPS) is 17.5. The first kappa shape index (κ1) is 80.7. The monoisotopic (exact) mass is 1420 g/mol. The van der Waals surface area contributed by atoms with Crippen LogP contribution in [0.15, 0.2) is 84.9 Å². The van der Waals surface area contributed by atoms with E-state index in [1.54, 1.807) is 111 Å². The third kappa shape index (κ3) is 23.7. The summed E-state index contributed by atoms with van der Waals surface area (Å²) in [4.78, 5) is 117. The van der Waals surface area contributed by atoms with Crippen molar-refractivity contribution in [3.8, 4) is 23.0 Å². The molecule has 8 rings (SSSR count). The van der Waals surface area contributed by atoms with Gasteiger partial charge >= 0.3 is 18.2 Å². The van der Waals surface area contributed by atoms with Crippen LogP contribution >= 0.6 is 0 Å². The smallest absolute Gasteiger partial charge is 0.410 e. The lowest BCUT2D eigenvalue weighted by molar-refractivity contribution is -0.132. The molecule has 0 bridgehead atoms. The van der Waals surface area contributed by atoms with Crippen molar-refractivity contribution in [2.24, 2.45) is 5.73 Å². The van der Waals surface area contributed by atoms with Crippen molar-refractivity contribution in [1.82, 2.24) is 29.4 Å². The number of hydrogen-bond acceptors (Lipinski definition) is 16. The van der Waals surface area contributed by atoms with Gasteiger partial charge in [0.05, 0.1) is 57.9 Å². The highest BCUT2D eigenvalue weighted by molar-refractivity contribution is 5.96. The van der Waals surface area contributed by atoms with Gasteiger partial charge in [-0.3, -0.25) is 24.0 Å². The third-order valence-electron chi connectivity index (χ3n) is 18.4. The second kappa shape index (κ2) is 37.5. The van der Waals surface area contributed by atoms with Crippen molar-refractivity contribution in [2.45, 2.75) is 219 Å². The molecule has 2 saturated heterocycles. The number of carboxylic acid groups (broad SMARTS) is 1. The van der Waals surface area contributed by atoms with Crippen LogP contribution in [0.1, 0.15) is 199 Å². The SMILES string of the molecule is COCCCOc1cc(C(=O)N(C(C)C)[C@@H]2CC[C@H](CCN(C(=O)Cc3cccc(C(=O)O)c3)C3CC3)N(C(=O)OC(C)(C)C)C2)ccc1OC.COCCCOc1cc(C(=O)N(C(C)C)[C@@H]2CC[C@H](CCN(C(=O)Cc3cccc(C(N)=O)c3)C3CC3)N(C(=O)OC(C)(C)C)C2)ccc1OC. The van der Waals surface area contributed by atoms with Crippen molar-refractivity contribution in [3.63, 3.8) is 0 Å². The zero-order valence-electron chi connectivity index (χ0n) is 62.5. The van der Waals surface area contributed by atoms with E-state index in [0.717, 1.165) is 31.2 Å². The molecule has 2 aliphatic carbocycles. The van der Waals surface area contributed by atoms with E-state index in [1.165, 1.54) is 6.07 Å². The van der Waals surface area contributed by atoms with Crippen LogP contribution in [0.5, 0.6) is 23.0 Å². The van der Waals surface area contributed by atoms with Crippen LogP contribution in [0, 0.1) is 0 Å². The number of nitrogens with two attached hydrogens (primary N) is 1. The van der Waals surface area contributed by atoms with Crippen molar-refractivity contribution in [1.29, 1.82) is 0 Å². The van der Waals surface area contributed by atoms with Gasteiger partial charge in [0, 0.05) is 119 Å². The molecule has 2 aliphatic heterocycles. The van der Waals surface area contributed by atoms with Gasteiger partial charge in [-0.2, -0.15) is 0 Å². The molecular weight excluding hydrogens is 1310 g/mol. The fourth-order valence-corrected chi connectivity index (χ4v) is 13.3. The second-order valence-corrected chi connectivity index (χ2v) is 29.4. The summed E-state index contributed by atoms with van der Waals surface area (Å²) in [5.74, 6) is 0.0616. The van der Waals surface area contributed by atoms with Gasteiger partial charge < -0.3 is 78.1 Å². The number of benzene rings is 4. The molecular formula is C78H111N7O17. The van der Waals surface area contributed by atoms with Crippen LogP contribution in [-0.4, -0.2) is 223 Å². The number of primary amides is 1. The lowest BCUT2D eigenvalue weighted by Gasteiger charge is -2.45. The molecule has 2 saturated carbocycles. The molecule has 4 atom stereocenters. The predicted molar refractivity (Wildman–Crippen MR) is 387 cm³/mol. The Labute approximate surface area is 602 Å². The van der Waals surface area contributed by atoms with Gasteiger partial charge in [-0.05, 0) is 205 Å². The van der Waals surface area contributed by atoms with Crippen LogP contribution in [0.2, 0.25) is 0 Å². The first-order valence-corrected chi connectivity index (χ1v) is 36.0. The number of likely N-dealkylation sites (tertiary alicyclic amines) is 2. The second-order valence-electron chi connectivity index (χ2n) is 29.4. The number of rotatable bonds is 32. The maximum absolute atomic E-state index is 14.2. The standard InChI is InChI=1S/C39H56N4O8.C39H55N3O9/c1-26(2)43(37(46)29-12-17-33(49-7)34(24-29)50-21-9-20-48-6)32-16-15-31(42(25-32)38(47)51-39(3,4)5)18-19-41(30-13-14-30)35(44)23-27-10-8-11-28(22-27)36(40)45;1-26(2)42(36(44)28-12-17-33(49-7)34(24-28)50-21-9-20-48-6)32-16-15-31(41(25-32)38(47)51-39(3,4)5)18-19-40(30-13-14-30)35(43)23-27-10-8-11-29(22-27)37(45)46/h8,10-12,17,22,24,26,30-32H,9,13-16,18-21,23,25H2,1-7H3,(H2,40,45);8,10-12,17,22,24,26,30-32H,9,13-16,18-21,23,25H2,1-7H3,(H,45,46)/t2*31-,32-/m11/s1. The average Bonchev–Trinajstić information content (AvgIpc) is 0.826. The molecule has 3 N–H and O–H groups in total. The summed E-state index contributed by atoms with van der Waals surface area (Å²) in [5, 5.41) is 9.39. The molecule has 102 heavy (non-hydrogen) atoms. The van der Waals surface area contributed by atoms with Crippen LogP contribution in [-0.2, 0) is 41.4 Å². The molecule has 0 spiro atoms. The minimum absolute atomic E-state index is 0.0188. The van der Waals surface area contributed by atoms with Gasteiger partial charge in [0.15, 0.2) is 23.0 Å².